The molecule has 2 heterocycles. The number of aromatic carboxylic acids is 1. The van der Waals surface area contributed by atoms with Gasteiger partial charge >= 0.3 is 5.97 Å². The van der Waals surface area contributed by atoms with Crippen LogP contribution in [0.2, 0.25) is 0 Å². The van der Waals surface area contributed by atoms with Crippen LogP contribution in [0.15, 0.2) is 17.8 Å². The molecule has 0 aliphatic heterocycles. The molecular weight excluding hydrogens is 176 g/mol. The van der Waals surface area contributed by atoms with Crippen LogP contribution in [0.1, 0.15) is 10.4 Å². The first kappa shape index (κ1) is 7.17. The molecule has 12 heavy (non-hydrogen) atoms. The Morgan fingerprint density at radius 2 is 2.17 bits per heavy atom. The highest BCUT2D eigenvalue weighted by atomic mass is 32.1. The van der Waals surface area contributed by atoms with Crippen molar-refractivity contribution in [3.05, 3.63) is 23.3 Å². The zero-order valence-corrected chi connectivity index (χ0v) is 6.71. The molecule has 0 saturated carbocycles. The minimum atomic E-state index is -0.922. The third-order valence-corrected chi connectivity index (χ3v) is 2.45. The lowest BCUT2D eigenvalue weighted by Crippen LogP contribution is -1.93. The summed E-state index contributed by atoms with van der Waals surface area (Å²) in [7, 11) is 0. The first-order valence-corrected chi connectivity index (χ1v) is 4.08. The van der Waals surface area contributed by atoms with Crippen LogP contribution in [0, 0.1) is 0 Å². The molecule has 0 aliphatic carbocycles. The van der Waals surface area contributed by atoms with Gasteiger partial charge in [-0.25, -0.2) is 4.79 Å². The Labute approximate surface area is 71.5 Å². The highest BCUT2D eigenvalue weighted by Gasteiger charge is 2.09. The van der Waals surface area contributed by atoms with Crippen LogP contribution in [0.5, 0.6) is 0 Å². The van der Waals surface area contributed by atoms with Gasteiger partial charge in [0.2, 0.25) is 0 Å². The van der Waals surface area contributed by atoms with Gasteiger partial charge in [-0.15, -0.1) is 11.3 Å². The molecule has 60 valence electrons. The number of aromatic nitrogens is 2. The lowest BCUT2D eigenvalue weighted by molar-refractivity contribution is 0.0699. The predicted octanol–water partition coefficient (Wildman–Crippen LogP) is 1.39. The van der Waals surface area contributed by atoms with E-state index < -0.39 is 5.97 Å². The van der Waals surface area contributed by atoms with Crippen molar-refractivity contribution in [2.75, 3.05) is 0 Å². The smallest absolute Gasteiger partial charge is 0.337 e. The van der Waals surface area contributed by atoms with E-state index in [9.17, 15) is 4.79 Å². The zero-order chi connectivity index (χ0) is 8.55. The molecule has 0 bridgehead atoms. The Morgan fingerprint density at radius 3 is 2.92 bits per heavy atom. The molecule has 1 N–H and O–H groups in total. The number of carboxylic acid groups (broad SMARTS) is 1. The molecular formula is C7H4N2O2S. The van der Waals surface area contributed by atoms with Crippen molar-refractivity contribution >= 4 is 27.4 Å². The van der Waals surface area contributed by atoms with Crippen molar-refractivity contribution in [2.45, 2.75) is 0 Å². The fourth-order valence-electron chi connectivity index (χ4n) is 0.958. The maximum absolute atomic E-state index is 10.6. The lowest BCUT2D eigenvalue weighted by Gasteiger charge is -1.88. The largest absolute Gasteiger partial charge is 0.478 e. The van der Waals surface area contributed by atoms with Crippen molar-refractivity contribution in [2.24, 2.45) is 0 Å². The summed E-state index contributed by atoms with van der Waals surface area (Å²) < 4.78 is 0.849. The molecule has 0 aromatic carbocycles. The summed E-state index contributed by atoms with van der Waals surface area (Å²) >= 11 is 1.36. The summed E-state index contributed by atoms with van der Waals surface area (Å²) in [5, 5.41) is 18.3. The van der Waals surface area contributed by atoms with Crippen molar-refractivity contribution in [3.63, 3.8) is 0 Å². The highest BCUT2D eigenvalue weighted by Crippen LogP contribution is 2.23. The zero-order valence-electron chi connectivity index (χ0n) is 5.89. The van der Waals surface area contributed by atoms with Crippen LogP contribution in [-0.2, 0) is 0 Å². The van der Waals surface area contributed by atoms with Gasteiger partial charge in [0.15, 0.2) is 0 Å². The summed E-state index contributed by atoms with van der Waals surface area (Å²) in [6, 6.07) is 0. The number of hydrogen-bond donors (Lipinski definition) is 1. The van der Waals surface area contributed by atoms with E-state index in [1.165, 1.54) is 17.5 Å². The average Bonchev–Trinajstić information content (AvgIpc) is 2.47. The molecule has 2 aromatic rings. The van der Waals surface area contributed by atoms with Gasteiger partial charge in [-0.1, -0.05) is 0 Å². The Balaban J connectivity index is 2.79. The number of thiophene rings is 1. The van der Waals surface area contributed by atoms with E-state index in [-0.39, 0.29) is 0 Å². The third-order valence-electron chi connectivity index (χ3n) is 1.52. The predicted molar refractivity (Wildman–Crippen MR) is 44.4 cm³/mol. The molecule has 2 rings (SSSR count). The molecule has 0 fully saturated rings. The van der Waals surface area contributed by atoms with Crippen LogP contribution in [0.4, 0.5) is 0 Å². The summed E-state index contributed by atoms with van der Waals surface area (Å²) in [6.07, 6.45) is 3.03. The van der Waals surface area contributed by atoms with Crippen LogP contribution in [0.3, 0.4) is 0 Å². The van der Waals surface area contributed by atoms with Gasteiger partial charge in [-0.05, 0) is 0 Å². The van der Waals surface area contributed by atoms with E-state index in [0.717, 1.165) is 4.70 Å². The van der Waals surface area contributed by atoms with Gasteiger partial charge in [0.25, 0.3) is 0 Å². The topological polar surface area (TPSA) is 63.1 Å². The van der Waals surface area contributed by atoms with E-state index >= 15 is 0 Å². The lowest BCUT2D eigenvalue weighted by atomic mass is 10.2. The Bertz CT molecular complexity index is 438. The molecule has 0 atom stereocenters. The third kappa shape index (κ3) is 0.947. The Morgan fingerprint density at radius 1 is 1.42 bits per heavy atom. The molecule has 0 aliphatic rings. The van der Waals surface area contributed by atoms with E-state index in [1.807, 2.05) is 0 Å². The number of carboxylic acids is 1. The van der Waals surface area contributed by atoms with Gasteiger partial charge in [0.05, 0.1) is 22.7 Å². The molecule has 0 unspecified atom stereocenters. The van der Waals surface area contributed by atoms with Crippen molar-refractivity contribution in [1.29, 1.82) is 0 Å². The second kappa shape index (κ2) is 2.53. The Kier molecular flexibility index (Phi) is 1.51. The van der Waals surface area contributed by atoms with E-state index in [0.29, 0.717) is 10.9 Å². The SMILES string of the molecule is O=C(O)c1csc2cnncc12. The summed E-state index contributed by atoms with van der Waals surface area (Å²) in [5.74, 6) is -0.922. The van der Waals surface area contributed by atoms with Crippen molar-refractivity contribution in [3.8, 4) is 0 Å². The number of nitrogens with zero attached hydrogens (tertiary/aromatic N) is 2. The minimum Gasteiger partial charge on any atom is -0.478 e. The quantitative estimate of drug-likeness (QED) is 0.720. The standard InChI is InChI=1S/C7H4N2O2S/c10-7(11)5-3-12-6-2-9-8-1-4(5)6/h1-3H,(H,10,11). The van der Waals surface area contributed by atoms with Crippen LogP contribution in [0.25, 0.3) is 10.1 Å². The maximum Gasteiger partial charge on any atom is 0.337 e. The van der Waals surface area contributed by atoms with Gasteiger partial charge in [0.1, 0.15) is 0 Å². The highest BCUT2D eigenvalue weighted by molar-refractivity contribution is 7.17. The molecule has 0 radical (unpaired) electrons. The number of carbonyl (C=O) groups is 1. The van der Waals surface area contributed by atoms with Gasteiger partial charge in [0, 0.05) is 10.8 Å². The van der Waals surface area contributed by atoms with E-state index in [1.54, 1.807) is 11.6 Å². The Hall–Kier alpha value is -1.49. The second-order valence-electron chi connectivity index (χ2n) is 2.22. The van der Waals surface area contributed by atoms with Crippen molar-refractivity contribution in [1.82, 2.24) is 10.2 Å². The van der Waals surface area contributed by atoms with Gasteiger partial charge < -0.3 is 5.11 Å². The average molecular weight is 180 g/mol. The normalized spacial score (nSPS) is 10.3. The number of fused-ring (bicyclic) bond motifs is 1. The molecule has 4 nitrogen and oxygen atoms in total. The van der Waals surface area contributed by atoms with Crippen LogP contribution in [-0.4, -0.2) is 21.3 Å². The summed E-state index contributed by atoms with van der Waals surface area (Å²) in [4.78, 5) is 10.6. The van der Waals surface area contributed by atoms with E-state index in [2.05, 4.69) is 10.2 Å². The number of hydrogen-bond acceptors (Lipinski definition) is 4. The molecule has 0 saturated heterocycles. The number of rotatable bonds is 1. The fourth-order valence-corrected chi connectivity index (χ4v) is 1.83. The maximum atomic E-state index is 10.6. The first-order valence-electron chi connectivity index (χ1n) is 3.20. The van der Waals surface area contributed by atoms with Crippen LogP contribution < -0.4 is 0 Å². The van der Waals surface area contributed by atoms with Gasteiger partial charge in [-0.3, -0.25) is 0 Å². The first-order chi connectivity index (χ1) is 5.79. The summed E-state index contributed by atoms with van der Waals surface area (Å²) in [6.45, 7) is 0. The molecule has 0 amide bonds. The van der Waals surface area contributed by atoms with E-state index in [4.69, 9.17) is 5.11 Å². The monoisotopic (exact) mass is 180 g/mol. The second-order valence-corrected chi connectivity index (χ2v) is 3.13. The fraction of sp³-hybridized carbons (Fsp3) is 0. The summed E-state index contributed by atoms with van der Waals surface area (Å²) in [5.41, 5.74) is 0.296. The minimum absolute atomic E-state index is 0.296. The molecule has 5 heteroatoms. The van der Waals surface area contributed by atoms with Crippen molar-refractivity contribution < 1.29 is 9.90 Å². The molecule has 0 spiro atoms. The molecule has 2 aromatic heterocycles. The van der Waals surface area contributed by atoms with Crippen LogP contribution >= 0.6 is 11.3 Å². The van der Waals surface area contributed by atoms with Gasteiger partial charge in [-0.2, -0.15) is 10.2 Å².